The molecule has 232 valence electrons. The zero-order chi connectivity index (χ0) is 31.0. The summed E-state index contributed by atoms with van der Waals surface area (Å²) in [6, 6.07) is 3.24. The number of imidazole rings is 1. The van der Waals surface area contributed by atoms with Crippen molar-refractivity contribution in [3.63, 3.8) is 0 Å². The number of aromatic nitrogens is 6. The van der Waals surface area contributed by atoms with E-state index in [0.717, 1.165) is 24.8 Å². The molecule has 2 fully saturated rings. The monoisotopic (exact) mass is 605 g/mol. The molecule has 2 aliphatic heterocycles. The van der Waals surface area contributed by atoms with E-state index >= 15 is 0 Å². The van der Waals surface area contributed by atoms with E-state index in [4.69, 9.17) is 29.4 Å². The van der Waals surface area contributed by atoms with Crippen molar-refractivity contribution in [2.24, 2.45) is 0 Å². The van der Waals surface area contributed by atoms with Gasteiger partial charge in [0.25, 0.3) is 0 Å². The van der Waals surface area contributed by atoms with Crippen LogP contribution in [0.1, 0.15) is 56.8 Å². The zero-order valence-corrected chi connectivity index (χ0v) is 25.2. The normalized spacial score (nSPS) is 20.1. The molecule has 4 aromatic rings. The average Bonchev–Trinajstić information content (AvgIpc) is 3.45. The number of anilines is 2. The van der Waals surface area contributed by atoms with Gasteiger partial charge in [-0.15, -0.1) is 0 Å². The van der Waals surface area contributed by atoms with Crippen molar-refractivity contribution in [2.75, 3.05) is 38.7 Å². The van der Waals surface area contributed by atoms with Gasteiger partial charge in [-0.1, -0.05) is 0 Å². The lowest BCUT2D eigenvalue weighted by molar-refractivity contribution is -0.0298. The highest BCUT2D eigenvalue weighted by Gasteiger charge is 2.31. The van der Waals surface area contributed by atoms with Crippen LogP contribution in [0.25, 0.3) is 22.4 Å². The predicted octanol–water partition coefficient (Wildman–Crippen LogP) is 4.93. The standard InChI is InChI=1S/C30H36FN9O4/c1-17-15-38(30(41)42)8-9-39(17)18(2)20-11-22(27(32-13-20)37-21-12-23(31)29(43-4)33-14-21)25-26-28(36-19(3)35-25)40(16-34-26)24-7-5-6-10-44-24/h11-14,16-18,24H,5-10,15H2,1-4H3,(H,32,37)(H,41,42)/t17?,18-,24?/m1/s1. The van der Waals surface area contributed by atoms with Crippen molar-refractivity contribution in [2.45, 2.75) is 58.3 Å². The molecule has 0 aliphatic carbocycles. The molecule has 44 heavy (non-hydrogen) atoms. The molecule has 0 spiro atoms. The molecule has 2 aliphatic rings. The van der Waals surface area contributed by atoms with Crippen LogP contribution in [-0.2, 0) is 4.74 Å². The van der Waals surface area contributed by atoms with E-state index < -0.39 is 11.9 Å². The van der Waals surface area contributed by atoms with Crippen LogP contribution in [0.2, 0.25) is 0 Å². The average molecular weight is 606 g/mol. The first-order valence-corrected chi connectivity index (χ1v) is 14.8. The molecular formula is C30H36FN9O4. The van der Waals surface area contributed by atoms with Gasteiger partial charge in [0.15, 0.2) is 11.5 Å². The summed E-state index contributed by atoms with van der Waals surface area (Å²) in [4.78, 5) is 38.4. The van der Waals surface area contributed by atoms with Crippen molar-refractivity contribution in [3.8, 4) is 17.1 Å². The second kappa shape index (κ2) is 12.3. The Bertz CT molecular complexity index is 1680. The third-order valence-corrected chi connectivity index (χ3v) is 8.36. The summed E-state index contributed by atoms with van der Waals surface area (Å²) in [7, 11) is 1.36. The molecule has 2 N–H and O–H groups in total. The van der Waals surface area contributed by atoms with Gasteiger partial charge in [0, 0.05) is 56.2 Å². The number of piperazine rings is 1. The Morgan fingerprint density at radius 3 is 2.73 bits per heavy atom. The fraction of sp³-hybridized carbons (Fsp3) is 0.467. The number of hydrogen-bond donors (Lipinski definition) is 2. The van der Waals surface area contributed by atoms with Crippen LogP contribution < -0.4 is 10.1 Å². The second-order valence-corrected chi connectivity index (χ2v) is 11.3. The number of amides is 1. The molecule has 13 nitrogen and oxygen atoms in total. The molecule has 6 rings (SSSR count). The maximum Gasteiger partial charge on any atom is 0.407 e. The number of nitrogens with zero attached hydrogens (tertiary/aromatic N) is 8. The van der Waals surface area contributed by atoms with Crippen LogP contribution in [0.15, 0.2) is 30.9 Å². The number of ether oxygens (including phenoxy) is 2. The number of fused-ring (bicyclic) bond motifs is 1. The third-order valence-electron chi connectivity index (χ3n) is 8.36. The summed E-state index contributed by atoms with van der Waals surface area (Å²) in [5, 5.41) is 12.7. The summed E-state index contributed by atoms with van der Waals surface area (Å²) in [6.45, 7) is 8.06. The van der Waals surface area contributed by atoms with Crippen molar-refractivity contribution < 1.29 is 23.8 Å². The van der Waals surface area contributed by atoms with E-state index in [1.54, 1.807) is 12.5 Å². The van der Waals surface area contributed by atoms with Crippen LogP contribution >= 0.6 is 0 Å². The number of carbonyl (C=O) groups is 1. The van der Waals surface area contributed by atoms with Gasteiger partial charge in [-0.25, -0.2) is 34.1 Å². The summed E-state index contributed by atoms with van der Waals surface area (Å²) in [6.07, 6.45) is 6.89. The quantitative estimate of drug-likeness (QED) is 0.296. The molecule has 2 saturated heterocycles. The minimum absolute atomic E-state index is 0.00337. The SMILES string of the molecule is COc1ncc(Nc2ncc([C@@H](C)N3CCN(C(=O)O)CC3C)cc2-c2nc(C)nc3c2ncn3C2CCCCO2)cc1F. The number of methoxy groups -OCH3 is 1. The fourth-order valence-corrected chi connectivity index (χ4v) is 6.05. The first-order chi connectivity index (χ1) is 21.2. The maximum atomic E-state index is 14.6. The predicted molar refractivity (Wildman–Crippen MR) is 160 cm³/mol. The Balaban J connectivity index is 1.43. The Kier molecular flexibility index (Phi) is 8.27. The Morgan fingerprint density at radius 1 is 1.18 bits per heavy atom. The third kappa shape index (κ3) is 5.74. The van der Waals surface area contributed by atoms with Crippen molar-refractivity contribution in [3.05, 3.63) is 48.1 Å². The summed E-state index contributed by atoms with van der Waals surface area (Å²) in [5.74, 6) is 0.294. The second-order valence-electron chi connectivity index (χ2n) is 11.3. The number of pyridine rings is 2. The lowest BCUT2D eigenvalue weighted by atomic mass is 10.0. The van der Waals surface area contributed by atoms with Crippen LogP contribution in [0.5, 0.6) is 5.88 Å². The van der Waals surface area contributed by atoms with Crippen molar-refractivity contribution in [1.29, 1.82) is 0 Å². The minimum atomic E-state index is -0.908. The molecular weight excluding hydrogens is 569 g/mol. The molecule has 4 aromatic heterocycles. The lowest BCUT2D eigenvalue weighted by Crippen LogP contribution is -2.53. The molecule has 6 heterocycles. The van der Waals surface area contributed by atoms with Gasteiger partial charge >= 0.3 is 6.09 Å². The van der Waals surface area contributed by atoms with Crippen molar-refractivity contribution >= 4 is 28.8 Å². The first kappa shape index (κ1) is 29.6. The van der Waals surface area contributed by atoms with E-state index in [2.05, 4.69) is 22.1 Å². The number of carboxylic acid groups (broad SMARTS) is 1. The highest BCUT2D eigenvalue weighted by Crippen LogP contribution is 2.37. The molecule has 1 amide bonds. The Labute approximate surface area is 254 Å². The van der Waals surface area contributed by atoms with E-state index in [1.165, 1.54) is 24.3 Å². The van der Waals surface area contributed by atoms with Gasteiger partial charge in [0.05, 0.1) is 25.3 Å². The highest BCUT2D eigenvalue weighted by molar-refractivity contribution is 5.92. The fourth-order valence-electron chi connectivity index (χ4n) is 6.05. The molecule has 3 atom stereocenters. The number of aryl methyl sites for hydroxylation is 1. The van der Waals surface area contributed by atoms with Gasteiger partial charge < -0.3 is 24.8 Å². The summed E-state index contributed by atoms with van der Waals surface area (Å²) in [5.41, 5.74) is 3.81. The lowest BCUT2D eigenvalue weighted by Gasteiger charge is -2.42. The van der Waals surface area contributed by atoms with Gasteiger partial charge in [0.2, 0.25) is 5.88 Å². The number of halogens is 1. The van der Waals surface area contributed by atoms with Gasteiger partial charge in [-0.05, 0) is 51.7 Å². The summed E-state index contributed by atoms with van der Waals surface area (Å²) < 4.78 is 27.5. The van der Waals surface area contributed by atoms with Gasteiger partial charge in [-0.2, -0.15) is 0 Å². The number of nitrogens with one attached hydrogen (secondary N) is 1. The van der Waals surface area contributed by atoms with Crippen LogP contribution in [-0.4, -0.2) is 89.9 Å². The highest BCUT2D eigenvalue weighted by atomic mass is 19.1. The maximum absolute atomic E-state index is 14.6. The Morgan fingerprint density at radius 2 is 2.02 bits per heavy atom. The molecule has 0 bridgehead atoms. The van der Waals surface area contributed by atoms with E-state index in [1.807, 2.05) is 24.5 Å². The molecule has 14 heteroatoms. The van der Waals surface area contributed by atoms with Gasteiger partial charge in [0.1, 0.15) is 29.1 Å². The molecule has 0 aromatic carbocycles. The smallest absolute Gasteiger partial charge is 0.407 e. The van der Waals surface area contributed by atoms with Crippen LogP contribution in [0.3, 0.4) is 0 Å². The zero-order valence-electron chi connectivity index (χ0n) is 25.2. The molecule has 2 unspecified atom stereocenters. The minimum Gasteiger partial charge on any atom is -0.479 e. The van der Waals surface area contributed by atoms with E-state index in [-0.39, 0.29) is 24.2 Å². The van der Waals surface area contributed by atoms with Gasteiger partial charge in [-0.3, -0.25) is 9.47 Å². The summed E-state index contributed by atoms with van der Waals surface area (Å²) >= 11 is 0. The van der Waals surface area contributed by atoms with Crippen LogP contribution in [0, 0.1) is 12.7 Å². The molecule has 0 radical (unpaired) electrons. The number of rotatable bonds is 7. The van der Waals surface area contributed by atoms with Crippen molar-refractivity contribution in [1.82, 2.24) is 39.3 Å². The Hall–Kier alpha value is -4.43. The van der Waals surface area contributed by atoms with E-state index in [0.29, 0.717) is 66.0 Å². The first-order valence-electron chi connectivity index (χ1n) is 14.8. The van der Waals surface area contributed by atoms with E-state index in [9.17, 15) is 14.3 Å². The topological polar surface area (TPSA) is 144 Å². The largest absolute Gasteiger partial charge is 0.479 e. The number of hydrogen-bond acceptors (Lipinski definition) is 10. The van der Waals surface area contributed by atoms with Crippen LogP contribution in [0.4, 0.5) is 20.7 Å². The molecule has 0 saturated carbocycles.